The highest BCUT2D eigenvalue weighted by Crippen LogP contribution is 2.50. The number of ketones is 1. The van der Waals surface area contributed by atoms with E-state index in [2.05, 4.69) is 85.0 Å². The van der Waals surface area contributed by atoms with Gasteiger partial charge in [0, 0.05) is 6.61 Å². The number of rotatable bonds is 13. The van der Waals surface area contributed by atoms with E-state index in [0.29, 0.717) is 19.0 Å². The number of Topliss-reactive ketones (excluding diaryl/α,β-unsaturated/α-hetero) is 1. The Bertz CT molecular complexity index is 784. The summed E-state index contributed by atoms with van der Waals surface area (Å²) in [5, 5.41) is 0. The van der Waals surface area contributed by atoms with E-state index in [1.54, 1.807) is 0 Å². The van der Waals surface area contributed by atoms with E-state index in [4.69, 9.17) is 4.74 Å². The molecule has 1 aliphatic carbocycles. The summed E-state index contributed by atoms with van der Waals surface area (Å²) < 4.78 is 6.18. The summed E-state index contributed by atoms with van der Waals surface area (Å²) in [6.45, 7) is 5.56. The van der Waals surface area contributed by atoms with Crippen LogP contribution in [-0.4, -0.2) is 22.9 Å². The summed E-state index contributed by atoms with van der Waals surface area (Å²) >= 11 is 2.39. The second kappa shape index (κ2) is 11.4. The molecule has 0 heterocycles. The van der Waals surface area contributed by atoms with Crippen molar-refractivity contribution in [1.82, 2.24) is 0 Å². The van der Waals surface area contributed by atoms with Crippen molar-refractivity contribution in [3.63, 3.8) is 0 Å². The second-order valence-corrected chi connectivity index (χ2v) is 9.94. The zero-order valence-electron chi connectivity index (χ0n) is 18.5. The topological polar surface area (TPSA) is 26.3 Å². The van der Waals surface area contributed by atoms with E-state index >= 15 is 0 Å². The minimum Gasteiger partial charge on any atom is -0.380 e. The van der Waals surface area contributed by atoms with Crippen LogP contribution in [-0.2, 0) is 14.9 Å². The van der Waals surface area contributed by atoms with Gasteiger partial charge in [-0.15, -0.1) is 0 Å². The molecular formula is C27H35IO2. The van der Waals surface area contributed by atoms with Crippen LogP contribution in [0, 0.1) is 0 Å². The molecule has 0 N–H and O–H groups in total. The van der Waals surface area contributed by atoms with E-state index < -0.39 is 5.41 Å². The van der Waals surface area contributed by atoms with Gasteiger partial charge in [-0.25, -0.2) is 0 Å². The van der Waals surface area contributed by atoms with Crippen molar-refractivity contribution in [2.75, 3.05) is 13.2 Å². The first kappa shape index (κ1) is 23.5. The molecule has 2 nitrogen and oxygen atoms in total. The van der Waals surface area contributed by atoms with Gasteiger partial charge in [-0.05, 0) is 35.1 Å². The number of hydrogen-bond acceptors (Lipinski definition) is 2. The summed E-state index contributed by atoms with van der Waals surface area (Å²) in [7, 11) is 0. The van der Waals surface area contributed by atoms with E-state index in [1.807, 2.05) is 0 Å². The SMILES string of the molecule is CCCCCCCC(I)C(=O)C1(COCCCC)c2ccccc2-c2ccccc21. The zero-order chi connectivity index (χ0) is 21.4. The average Bonchev–Trinajstić information content (AvgIpc) is 3.07. The standard InChI is InChI=1S/C27H35IO2/c1-3-5-7-8-9-18-25(28)26(29)27(20-30-19-6-4-2)23-16-12-10-14-21(23)22-15-11-13-17-24(22)27/h10-17,25H,3-9,18-20H2,1-2H3. The van der Waals surface area contributed by atoms with Crippen LogP contribution in [0.2, 0.25) is 0 Å². The number of carbonyl (C=O) groups is 1. The van der Waals surface area contributed by atoms with Crippen LogP contribution in [0.3, 0.4) is 0 Å². The molecule has 0 aromatic heterocycles. The third kappa shape index (κ3) is 4.83. The van der Waals surface area contributed by atoms with Gasteiger partial charge >= 0.3 is 0 Å². The molecular weight excluding hydrogens is 483 g/mol. The van der Waals surface area contributed by atoms with Gasteiger partial charge in [0.05, 0.1) is 10.5 Å². The van der Waals surface area contributed by atoms with Crippen LogP contribution in [0.5, 0.6) is 0 Å². The first-order valence-corrected chi connectivity index (χ1v) is 12.9. The number of carbonyl (C=O) groups excluding carboxylic acids is 1. The molecule has 0 fully saturated rings. The minimum absolute atomic E-state index is 0.00165. The number of hydrogen-bond donors (Lipinski definition) is 0. The molecule has 162 valence electrons. The Morgan fingerprint density at radius 3 is 2.03 bits per heavy atom. The minimum atomic E-state index is -0.684. The monoisotopic (exact) mass is 518 g/mol. The lowest BCUT2D eigenvalue weighted by atomic mass is 9.73. The molecule has 3 heteroatoms. The van der Waals surface area contributed by atoms with Gasteiger partial charge in [-0.3, -0.25) is 4.79 Å². The molecule has 0 saturated carbocycles. The summed E-state index contributed by atoms with van der Waals surface area (Å²) in [5.41, 5.74) is 3.94. The molecule has 0 spiro atoms. The maximum absolute atomic E-state index is 14.1. The maximum atomic E-state index is 14.1. The highest BCUT2D eigenvalue weighted by Gasteiger charge is 2.50. The van der Waals surface area contributed by atoms with Gasteiger partial charge in [-0.1, -0.05) is 123 Å². The summed E-state index contributed by atoms with van der Waals surface area (Å²) in [6.07, 6.45) is 9.21. The first-order valence-electron chi connectivity index (χ1n) is 11.6. The number of alkyl halides is 1. The Balaban J connectivity index is 1.91. The molecule has 1 unspecified atom stereocenters. The molecule has 2 aromatic rings. The predicted octanol–water partition coefficient (Wildman–Crippen LogP) is 7.50. The van der Waals surface area contributed by atoms with E-state index in [0.717, 1.165) is 36.8 Å². The van der Waals surface area contributed by atoms with Crippen LogP contribution >= 0.6 is 22.6 Å². The van der Waals surface area contributed by atoms with Crippen molar-refractivity contribution in [3.05, 3.63) is 59.7 Å². The lowest BCUT2D eigenvalue weighted by molar-refractivity contribution is -0.124. The fraction of sp³-hybridized carbons (Fsp3) is 0.519. The largest absolute Gasteiger partial charge is 0.380 e. The smallest absolute Gasteiger partial charge is 0.162 e. The van der Waals surface area contributed by atoms with Gasteiger partial charge in [0.15, 0.2) is 5.78 Å². The van der Waals surface area contributed by atoms with Crippen molar-refractivity contribution >= 4 is 28.4 Å². The van der Waals surface area contributed by atoms with Crippen molar-refractivity contribution < 1.29 is 9.53 Å². The first-order chi connectivity index (χ1) is 14.7. The normalized spacial score (nSPS) is 14.9. The molecule has 0 bridgehead atoms. The third-order valence-corrected chi connectivity index (χ3v) is 7.48. The summed E-state index contributed by atoms with van der Waals surface area (Å²) in [6, 6.07) is 16.9. The molecule has 0 aliphatic heterocycles. The zero-order valence-corrected chi connectivity index (χ0v) is 20.6. The Labute approximate surface area is 195 Å². The van der Waals surface area contributed by atoms with E-state index in [9.17, 15) is 4.79 Å². The number of ether oxygens (including phenoxy) is 1. The van der Waals surface area contributed by atoms with Gasteiger partial charge < -0.3 is 4.74 Å². The van der Waals surface area contributed by atoms with E-state index in [-0.39, 0.29) is 3.92 Å². The second-order valence-electron chi connectivity index (χ2n) is 8.44. The Kier molecular flexibility index (Phi) is 8.94. The highest BCUT2D eigenvalue weighted by atomic mass is 127. The van der Waals surface area contributed by atoms with Crippen LogP contribution in [0.15, 0.2) is 48.5 Å². The van der Waals surface area contributed by atoms with Crippen LogP contribution in [0.25, 0.3) is 11.1 Å². The Morgan fingerprint density at radius 1 is 0.867 bits per heavy atom. The summed E-state index contributed by atoms with van der Waals surface area (Å²) in [5.74, 6) is 0.312. The van der Waals surface area contributed by atoms with Crippen molar-refractivity contribution in [2.24, 2.45) is 0 Å². The lowest BCUT2D eigenvalue weighted by Gasteiger charge is -2.32. The average molecular weight is 518 g/mol. The highest BCUT2D eigenvalue weighted by molar-refractivity contribution is 14.1. The van der Waals surface area contributed by atoms with Crippen LogP contribution < -0.4 is 0 Å². The van der Waals surface area contributed by atoms with Gasteiger partial charge in [0.2, 0.25) is 0 Å². The molecule has 0 radical (unpaired) electrons. The molecule has 0 amide bonds. The third-order valence-electron chi connectivity index (χ3n) is 6.29. The van der Waals surface area contributed by atoms with Gasteiger partial charge in [0.1, 0.15) is 5.41 Å². The van der Waals surface area contributed by atoms with Gasteiger partial charge in [0.25, 0.3) is 0 Å². The van der Waals surface area contributed by atoms with Crippen molar-refractivity contribution in [2.45, 2.75) is 74.6 Å². The van der Waals surface area contributed by atoms with Gasteiger partial charge in [-0.2, -0.15) is 0 Å². The number of benzene rings is 2. The number of fused-ring (bicyclic) bond motifs is 3. The quantitative estimate of drug-likeness (QED) is 0.156. The molecule has 30 heavy (non-hydrogen) atoms. The lowest BCUT2D eigenvalue weighted by Crippen LogP contribution is -2.44. The predicted molar refractivity (Wildman–Crippen MR) is 135 cm³/mol. The molecule has 1 atom stereocenters. The fourth-order valence-electron chi connectivity index (χ4n) is 4.61. The summed E-state index contributed by atoms with van der Waals surface area (Å²) in [4.78, 5) is 14.1. The number of unbranched alkanes of at least 4 members (excludes halogenated alkanes) is 5. The fourth-order valence-corrected chi connectivity index (χ4v) is 5.59. The maximum Gasteiger partial charge on any atom is 0.162 e. The van der Waals surface area contributed by atoms with Crippen molar-refractivity contribution in [1.29, 1.82) is 0 Å². The van der Waals surface area contributed by atoms with E-state index in [1.165, 1.54) is 36.8 Å². The van der Waals surface area contributed by atoms with Crippen molar-refractivity contribution in [3.8, 4) is 11.1 Å². The molecule has 0 saturated heterocycles. The number of halogens is 1. The molecule has 3 rings (SSSR count). The molecule has 1 aliphatic rings. The van der Waals surface area contributed by atoms with Crippen LogP contribution in [0.4, 0.5) is 0 Å². The van der Waals surface area contributed by atoms with Crippen LogP contribution in [0.1, 0.15) is 76.3 Å². The Morgan fingerprint density at radius 2 is 1.43 bits per heavy atom. The Hall–Kier alpha value is -1.20. The molecule has 2 aromatic carbocycles.